The lowest BCUT2D eigenvalue weighted by Crippen LogP contribution is -2.45. The van der Waals surface area contributed by atoms with E-state index >= 15 is 0 Å². The maximum Gasteiger partial charge on any atom is 0.332 e. The van der Waals surface area contributed by atoms with Crippen molar-refractivity contribution in [3.8, 4) is 17.1 Å². The molecule has 37 heavy (non-hydrogen) atoms. The normalized spacial score (nSPS) is 14.8. The van der Waals surface area contributed by atoms with Crippen molar-refractivity contribution in [2.24, 2.45) is 7.05 Å². The molecule has 1 aliphatic rings. The predicted octanol–water partition coefficient (Wildman–Crippen LogP) is 1.37. The van der Waals surface area contributed by atoms with Gasteiger partial charge in [-0.1, -0.05) is 12.1 Å². The molecule has 3 heterocycles. The van der Waals surface area contributed by atoms with Gasteiger partial charge in [0.05, 0.1) is 6.54 Å². The summed E-state index contributed by atoms with van der Waals surface area (Å²) in [6.45, 7) is 5.79. The van der Waals surface area contributed by atoms with Gasteiger partial charge in [0.25, 0.3) is 5.56 Å². The van der Waals surface area contributed by atoms with Gasteiger partial charge in [0.1, 0.15) is 18.2 Å². The van der Waals surface area contributed by atoms with Gasteiger partial charge in [-0.2, -0.15) is 0 Å². The van der Waals surface area contributed by atoms with E-state index in [2.05, 4.69) is 32.0 Å². The van der Waals surface area contributed by atoms with Crippen molar-refractivity contribution in [2.45, 2.75) is 6.54 Å². The number of hydrogen-bond donors (Lipinski definition) is 0. The highest BCUT2D eigenvalue weighted by molar-refractivity contribution is 5.71. The third-order valence-electron chi connectivity index (χ3n) is 6.59. The molecule has 2 aromatic carbocycles. The Morgan fingerprint density at radius 1 is 0.919 bits per heavy atom. The molecule has 0 amide bonds. The van der Waals surface area contributed by atoms with Crippen LogP contribution in [0, 0.1) is 5.82 Å². The minimum atomic E-state index is -0.560. The largest absolute Gasteiger partial charge is 0.492 e. The fraction of sp³-hybridized carbons (Fsp3) is 0.346. The second-order valence-corrected chi connectivity index (χ2v) is 9.18. The Morgan fingerprint density at radius 3 is 2.32 bits per heavy atom. The summed E-state index contributed by atoms with van der Waals surface area (Å²) in [7, 11) is 3.52. The molecule has 0 spiro atoms. The number of rotatable bonds is 7. The maximum atomic E-state index is 13.3. The average molecular weight is 506 g/mol. The smallest absolute Gasteiger partial charge is 0.332 e. The molecule has 11 heteroatoms. The molecule has 0 saturated carbocycles. The van der Waals surface area contributed by atoms with E-state index in [4.69, 9.17) is 4.74 Å². The zero-order valence-electron chi connectivity index (χ0n) is 20.8. The summed E-state index contributed by atoms with van der Waals surface area (Å²) in [5.74, 6) is 0.621. The van der Waals surface area contributed by atoms with Crippen molar-refractivity contribution in [3.05, 3.63) is 80.7 Å². The van der Waals surface area contributed by atoms with E-state index in [9.17, 15) is 14.0 Å². The van der Waals surface area contributed by atoms with Crippen LogP contribution in [0.25, 0.3) is 22.6 Å². The highest BCUT2D eigenvalue weighted by Crippen LogP contribution is 2.20. The van der Waals surface area contributed by atoms with Gasteiger partial charge in [-0.05, 0) is 49.0 Å². The van der Waals surface area contributed by atoms with Gasteiger partial charge >= 0.3 is 5.69 Å². The van der Waals surface area contributed by atoms with Crippen molar-refractivity contribution >= 4 is 11.2 Å². The zero-order valence-corrected chi connectivity index (χ0v) is 20.8. The van der Waals surface area contributed by atoms with Crippen LogP contribution in [0.4, 0.5) is 4.39 Å². The summed E-state index contributed by atoms with van der Waals surface area (Å²) >= 11 is 0. The van der Waals surface area contributed by atoms with Crippen LogP contribution in [0.3, 0.4) is 0 Å². The molecule has 2 aromatic heterocycles. The summed E-state index contributed by atoms with van der Waals surface area (Å²) in [4.78, 5) is 34.8. The van der Waals surface area contributed by atoms with Gasteiger partial charge in [-0.25, -0.2) is 14.2 Å². The van der Waals surface area contributed by atoms with Gasteiger partial charge in [0, 0.05) is 45.3 Å². The van der Waals surface area contributed by atoms with Gasteiger partial charge in [0.15, 0.2) is 17.0 Å². The summed E-state index contributed by atoms with van der Waals surface area (Å²) in [6.07, 6.45) is 0. The maximum absolute atomic E-state index is 13.3. The number of likely N-dealkylation sites (N-methyl/N-ethyl adjacent to an activating group) is 1. The Morgan fingerprint density at radius 2 is 1.62 bits per heavy atom. The first-order valence-corrected chi connectivity index (χ1v) is 12.1. The van der Waals surface area contributed by atoms with Gasteiger partial charge in [-0.3, -0.25) is 18.8 Å². The number of piperazine rings is 1. The summed E-state index contributed by atoms with van der Waals surface area (Å²) < 4.78 is 21.5. The first-order valence-electron chi connectivity index (χ1n) is 12.1. The predicted molar refractivity (Wildman–Crippen MR) is 137 cm³/mol. The number of hydrogen-bond acceptors (Lipinski definition) is 8. The fourth-order valence-electron chi connectivity index (χ4n) is 4.26. The van der Waals surface area contributed by atoms with Gasteiger partial charge in [-0.15, -0.1) is 10.2 Å². The molecular formula is C26H28FN7O3. The Kier molecular flexibility index (Phi) is 7.06. The van der Waals surface area contributed by atoms with Crippen LogP contribution in [-0.2, 0) is 13.6 Å². The van der Waals surface area contributed by atoms with Crippen LogP contribution in [0.15, 0.2) is 58.1 Å². The molecule has 4 aromatic rings. The molecule has 10 nitrogen and oxygen atoms in total. The van der Waals surface area contributed by atoms with Crippen LogP contribution in [-0.4, -0.2) is 80.5 Å². The second kappa shape index (κ2) is 10.6. The summed E-state index contributed by atoms with van der Waals surface area (Å²) in [5, 5.41) is 8.37. The standard InChI is InChI=1S/C26H28FN7O3/c1-31-11-13-33(14-12-31)15-16-37-21-9-5-19(6-10-21)23-28-22-24(30-29-23)34(26(36)32(2)25(22)35)17-18-3-7-20(27)8-4-18/h3-10H,11-17H2,1-2H3. The molecule has 192 valence electrons. The summed E-state index contributed by atoms with van der Waals surface area (Å²) in [6, 6.07) is 13.1. The highest BCUT2D eigenvalue weighted by atomic mass is 19.1. The van der Waals surface area contributed by atoms with Crippen molar-refractivity contribution in [3.63, 3.8) is 0 Å². The molecule has 1 saturated heterocycles. The molecule has 1 fully saturated rings. The molecule has 0 bridgehead atoms. The van der Waals surface area contributed by atoms with Gasteiger partial charge in [0.2, 0.25) is 0 Å². The number of halogens is 1. The van der Waals surface area contributed by atoms with Crippen LogP contribution < -0.4 is 16.0 Å². The molecule has 5 rings (SSSR count). The number of ether oxygens (including phenoxy) is 1. The third kappa shape index (κ3) is 5.42. The van der Waals surface area contributed by atoms with E-state index in [0.717, 1.165) is 43.0 Å². The Bertz CT molecular complexity index is 1510. The topological polar surface area (TPSA) is 98.4 Å². The molecule has 0 aliphatic carbocycles. The average Bonchev–Trinajstić information content (AvgIpc) is 2.92. The highest BCUT2D eigenvalue weighted by Gasteiger charge is 2.17. The van der Waals surface area contributed by atoms with Crippen LogP contribution >= 0.6 is 0 Å². The Balaban J connectivity index is 1.35. The minimum Gasteiger partial charge on any atom is -0.492 e. The SMILES string of the molecule is CN1CCN(CCOc2ccc(-c3nnc4c(n3)c(=O)n(C)c(=O)n4Cc3ccc(F)cc3)cc2)CC1. The van der Waals surface area contributed by atoms with Crippen molar-refractivity contribution in [2.75, 3.05) is 46.4 Å². The fourth-order valence-corrected chi connectivity index (χ4v) is 4.26. The third-order valence-corrected chi connectivity index (χ3v) is 6.59. The first kappa shape index (κ1) is 24.7. The van der Waals surface area contributed by atoms with Crippen LogP contribution in [0.2, 0.25) is 0 Å². The van der Waals surface area contributed by atoms with Crippen molar-refractivity contribution in [1.29, 1.82) is 0 Å². The number of aromatic nitrogens is 5. The molecular weight excluding hydrogens is 477 g/mol. The summed E-state index contributed by atoms with van der Waals surface area (Å²) in [5.41, 5.74) is 0.336. The van der Waals surface area contributed by atoms with E-state index in [1.165, 1.54) is 23.7 Å². The Hall–Kier alpha value is -3.96. The number of benzene rings is 2. The lowest BCUT2D eigenvalue weighted by atomic mass is 10.2. The second-order valence-electron chi connectivity index (χ2n) is 9.18. The van der Waals surface area contributed by atoms with E-state index in [0.29, 0.717) is 17.7 Å². The molecule has 0 N–H and O–H groups in total. The monoisotopic (exact) mass is 505 g/mol. The Labute approximate surface area is 212 Å². The molecule has 1 aliphatic heterocycles. The van der Waals surface area contributed by atoms with Crippen molar-refractivity contribution < 1.29 is 9.13 Å². The van der Waals surface area contributed by atoms with E-state index in [1.54, 1.807) is 12.1 Å². The van der Waals surface area contributed by atoms with E-state index < -0.39 is 11.2 Å². The van der Waals surface area contributed by atoms with Crippen molar-refractivity contribution in [1.82, 2.24) is 34.1 Å². The minimum absolute atomic E-state index is 0.0294. The molecule has 0 radical (unpaired) electrons. The van der Waals surface area contributed by atoms with Crippen LogP contribution in [0.5, 0.6) is 5.75 Å². The lowest BCUT2D eigenvalue weighted by Gasteiger charge is -2.32. The number of fused-ring (bicyclic) bond motifs is 1. The lowest BCUT2D eigenvalue weighted by molar-refractivity contribution is 0.134. The molecule has 0 atom stereocenters. The van der Waals surface area contributed by atoms with Gasteiger partial charge < -0.3 is 9.64 Å². The van der Waals surface area contributed by atoms with E-state index in [-0.39, 0.29) is 29.4 Å². The molecule has 0 unspecified atom stereocenters. The first-order chi connectivity index (χ1) is 17.9. The van der Waals surface area contributed by atoms with Crippen LogP contribution in [0.1, 0.15) is 5.56 Å². The quantitative estimate of drug-likeness (QED) is 0.372. The zero-order chi connectivity index (χ0) is 25.9. The van der Waals surface area contributed by atoms with E-state index in [1.807, 2.05) is 24.3 Å². The number of nitrogens with zero attached hydrogens (tertiary/aromatic N) is 7.